The molecule has 1 spiro atoms. The monoisotopic (exact) mass is 289 g/mol. The molecule has 116 valence electrons. The second-order valence-electron chi connectivity index (χ2n) is 6.40. The smallest absolute Gasteiger partial charge is 0.119 e. The topological polar surface area (TPSA) is 30.5 Å². The molecule has 1 unspecified atom stereocenters. The molecule has 0 bridgehead atoms. The van der Waals surface area contributed by atoms with E-state index in [2.05, 4.69) is 36.5 Å². The maximum absolute atomic E-state index is 6.52. The van der Waals surface area contributed by atoms with E-state index >= 15 is 0 Å². The van der Waals surface area contributed by atoms with E-state index in [0.29, 0.717) is 0 Å². The third-order valence-corrected chi connectivity index (χ3v) is 4.66. The van der Waals surface area contributed by atoms with Crippen molar-refractivity contribution in [3.05, 3.63) is 29.8 Å². The van der Waals surface area contributed by atoms with Gasteiger partial charge in [0.15, 0.2) is 0 Å². The first-order chi connectivity index (χ1) is 10.3. The second-order valence-corrected chi connectivity index (χ2v) is 6.40. The Bertz CT molecular complexity index is 432. The minimum atomic E-state index is 0.0819. The Labute approximate surface area is 128 Å². The lowest BCUT2D eigenvalue weighted by molar-refractivity contribution is -0.135. The van der Waals surface area contributed by atoms with E-state index in [1.807, 2.05) is 0 Å². The van der Waals surface area contributed by atoms with Gasteiger partial charge < -0.3 is 14.8 Å². The van der Waals surface area contributed by atoms with Crippen molar-refractivity contribution in [1.82, 2.24) is 5.32 Å². The number of morpholine rings is 1. The fourth-order valence-electron chi connectivity index (χ4n) is 3.49. The third-order valence-electron chi connectivity index (χ3n) is 4.66. The average molecular weight is 289 g/mol. The summed E-state index contributed by atoms with van der Waals surface area (Å²) in [6, 6.07) is 8.44. The van der Waals surface area contributed by atoms with Gasteiger partial charge in [-0.25, -0.2) is 0 Å². The molecule has 3 heteroatoms. The molecule has 1 atom stereocenters. The van der Waals surface area contributed by atoms with Gasteiger partial charge in [0.1, 0.15) is 5.75 Å². The predicted molar refractivity (Wildman–Crippen MR) is 84.7 cm³/mol. The van der Waals surface area contributed by atoms with Crippen LogP contribution in [0.5, 0.6) is 5.75 Å². The minimum absolute atomic E-state index is 0.0819. The van der Waals surface area contributed by atoms with Crippen molar-refractivity contribution in [2.24, 2.45) is 0 Å². The molecule has 0 radical (unpaired) electrons. The summed E-state index contributed by atoms with van der Waals surface area (Å²) in [7, 11) is 0. The van der Waals surface area contributed by atoms with Crippen molar-refractivity contribution < 1.29 is 9.47 Å². The van der Waals surface area contributed by atoms with Crippen LogP contribution in [0.1, 0.15) is 57.1 Å². The first kappa shape index (κ1) is 14.9. The molecule has 1 aliphatic heterocycles. The second kappa shape index (κ2) is 6.80. The zero-order chi connectivity index (χ0) is 14.5. The number of nitrogens with one attached hydrogen (secondary N) is 1. The number of ether oxygens (including phenoxy) is 2. The SMILES string of the molecule is CCCOc1ccc(C2CNCC3(CCCCC3)O2)cc1. The van der Waals surface area contributed by atoms with Crippen LogP contribution in [-0.4, -0.2) is 25.3 Å². The van der Waals surface area contributed by atoms with E-state index in [4.69, 9.17) is 9.47 Å². The van der Waals surface area contributed by atoms with Gasteiger partial charge in [-0.2, -0.15) is 0 Å². The molecule has 1 saturated heterocycles. The van der Waals surface area contributed by atoms with E-state index in [9.17, 15) is 0 Å². The van der Waals surface area contributed by atoms with Crippen molar-refractivity contribution in [2.45, 2.75) is 57.2 Å². The van der Waals surface area contributed by atoms with Gasteiger partial charge in [-0.15, -0.1) is 0 Å². The highest BCUT2D eigenvalue weighted by molar-refractivity contribution is 5.29. The molecule has 0 amide bonds. The molecular formula is C18H27NO2. The van der Waals surface area contributed by atoms with Crippen LogP contribution in [0.3, 0.4) is 0 Å². The standard InChI is InChI=1S/C18H27NO2/c1-2-12-20-16-8-6-15(7-9-16)17-13-19-14-18(21-17)10-4-3-5-11-18/h6-9,17,19H,2-5,10-14H2,1H3. The highest BCUT2D eigenvalue weighted by atomic mass is 16.5. The molecule has 1 aliphatic carbocycles. The van der Waals surface area contributed by atoms with E-state index in [1.54, 1.807) is 0 Å². The third kappa shape index (κ3) is 3.58. The molecule has 3 rings (SSSR count). The minimum Gasteiger partial charge on any atom is -0.494 e. The van der Waals surface area contributed by atoms with Gasteiger partial charge in [-0.3, -0.25) is 0 Å². The van der Waals surface area contributed by atoms with Gasteiger partial charge in [-0.05, 0) is 37.0 Å². The Balaban J connectivity index is 1.65. The summed E-state index contributed by atoms with van der Waals surface area (Å²) in [6.07, 6.45) is 7.59. The van der Waals surface area contributed by atoms with Gasteiger partial charge >= 0.3 is 0 Å². The van der Waals surface area contributed by atoms with Crippen LogP contribution in [0.4, 0.5) is 0 Å². The Hall–Kier alpha value is -1.06. The largest absolute Gasteiger partial charge is 0.494 e. The van der Waals surface area contributed by atoms with Gasteiger partial charge in [0.05, 0.1) is 18.3 Å². The summed E-state index contributed by atoms with van der Waals surface area (Å²) in [5.74, 6) is 0.955. The summed E-state index contributed by atoms with van der Waals surface area (Å²) in [6.45, 7) is 4.83. The molecule has 0 aromatic heterocycles. The summed E-state index contributed by atoms with van der Waals surface area (Å²) < 4.78 is 12.2. The van der Waals surface area contributed by atoms with Crippen LogP contribution in [0.25, 0.3) is 0 Å². The summed E-state index contributed by atoms with van der Waals surface area (Å²) in [4.78, 5) is 0. The van der Waals surface area contributed by atoms with Gasteiger partial charge in [0.2, 0.25) is 0 Å². The van der Waals surface area contributed by atoms with Crippen molar-refractivity contribution in [1.29, 1.82) is 0 Å². The Morgan fingerprint density at radius 2 is 1.95 bits per heavy atom. The summed E-state index contributed by atoms with van der Waals surface area (Å²) in [5, 5.41) is 3.59. The van der Waals surface area contributed by atoms with Crippen LogP contribution >= 0.6 is 0 Å². The summed E-state index contributed by atoms with van der Waals surface area (Å²) in [5.41, 5.74) is 1.34. The van der Waals surface area contributed by atoms with Gasteiger partial charge in [-0.1, -0.05) is 38.3 Å². The number of hydrogen-bond donors (Lipinski definition) is 1. The first-order valence-corrected chi connectivity index (χ1v) is 8.43. The molecule has 3 nitrogen and oxygen atoms in total. The van der Waals surface area contributed by atoms with E-state index in [-0.39, 0.29) is 11.7 Å². The fourth-order valence-corrected chi connectivity index (χ4v) is 3.49. The van der Waals surface area contributed by atoms with Crippen molar-refractivity contribution in [2.75, 3.05) is 19.7 Å². The lowest BCUT2D eigenvalue weighted by atomic mass is 9.83. The van der Waals surface area contributed by atoms with Crippen LogP contribution in [0.2, 0.25) is 0 Å². The molecule has 2 fully saturated rings. The fraction of sp³-hybridized carbons (Fsp3) is 0.667. The quantitative estimate of drug-likeness (QED) is 0.913. The van der Waals surface area contributed by atoms with Gasteiger partial charge in [0, 0.05) is 13.1 Å². The molecule has 1 aromatic carbocycles. The van der Waals surface area contributed by atoms with Crippen molar-refractivity contribution in [3.63, 3.8) is 0 Å². The maximum Gasteiger partial charge on any atom is 0.119 e. The highest BCUT2D eigenvalue weighted by Gasteiger charge is 2.38. The summed E-state index contributed by atoms with van der Waals surface area (Å²) >= 11 is 0. The number of hydrogen-bond acceptors (Lipinski definition) is 3. The van der Waals surface area contributed by atoms with E-state index < -0.39 is 0 Å². The average Bonchev–Trinajstić information content (AvgIpc) is 2.54. The van der Waals surface area contributed by atoms with Crippen molar-refractivity contribution >= 4 is 0 Å². The van der Waals surface area contributed by atoms with Crippen LogP contribution in [0, 0.1) is 0 Å². The van der Waals surface area contributed by atoms with Crippen molar-refractivity contribution in [3.8, 4) is 5.75 Å². The lowest BCUT2D eigenvalue weighted by Crippen LogP contribution is -2.51. The normalized spacial score (nSPS) is 24.9. The molecule has 21 heavy (non-hydrogen) atoms. The zero-order valence-electron chi connectivity index (χ0n) is 13.1. The molecule has 1 aromatic rings. The molecule has 1 N–H and O–H groups in total. The van der Waals surface area contributed by atoms with Crippen LogP contribution in [0.15, 0.2) is 24.3 Å². The first-order valence-electron chi connectivity index (χ1n) is 8.43. The van der Waals surface area contributed by atoms with Crippen LogP contribution < -0.4 is 10.1 Å². The zero-order valence-corrected chi connectivity index (χ0v) is 13.1. The molecule has 2 aliphatic rings. The molecule has 1 saturated carbocycles. The Kier molecular flexibility index (Phi) is 4.81. The van der Waals surface area contributed by atoms with E-state index in [1.165, 1.54) is 37.7 Å². The van der Waals surface area contributed by atoms with Crippen LogP contribution in [-0.2, 0) is 4.74 Å². The van der Waals surface area contributed by atoms with Gasteiger partial charge in [0.25, 0.3) is 0 Å². The van der Waals surface area contributed by atoms with E-state index in [0.717, 1.165) is 31.9 Å². The maximum atomic E-state index is 6.52. The highest BCUT2D eigenvalue weighted by Crippen LogP contribution is 2.38. The Morgan fingerprint density at radius 3 is 2.67 bits per heavy atom. The molecule has 1 heterocycles. The predicted octanol–water partition coefficient (Wildman–Crippen LogP) is 3.84. The number of rotatable bonds is 4. The number of benzene rings is 1. The lowest BCUT2D eigenvalue weighted by Gasteiger charge is -2.44. The Morgan fingerprint density at radius 1 is 1.19 bits per heavy atom. The molecular weight excluding hydrogens is 262 g/mol.